The number of carbonyl (C=O) groups excluding carboxylic acids is 2. The summed E-state index contributed by atoms with van der Waals surface area (Å²) >= 11 is 0. The molecule has 0 bridgehead atoms. The molecule has 2 aromatic carbocycles. The van der Waals surface area contributed by atoms with E-state index < -0.39 is 12.1 Å². The average Bonchev–Trinajstić information content (AvgIpc) is 2.75. The molecule has 3 aromatic rings. The molecule has 0 fully saturated rings. The number of benzene rings is 2. The van der Waals surface area contributed by atoms with E-state index >= 15 is 0 Å². The molecule has 1 aromatic heterocycles. The zero-order valence-corrected chi connectivity index (χ0v) is 18.1. The molecule has 162 valence electrons. The standard InChI is InChI=1S/C24H26N2O5/c1-5-30-18-12-10-17(11-13-18)22(27)16(4)31-24(29)21-19-8-6-7-9-20(19)23(28)26(25-21)14-15(2)3/h6-13,15-16H,5,14H2,1-4H3/t16-/m0/s1. The maximum absolute atomic E-state index is 12.9. The first-order chi connectivity index (χ1) is 14.8. The van der Waals surface area contributed by atoms with E-state index in [4.69, 9.17) is 9.47 Å². The van der Waals surface area contributed by atoms with Crippen LogP contribution in [-0.2, 0) is 11.3 Å². The van der Waals surface area contributed by atoms with Crippen molar-refractivity contribution >= 4 is 22.5 Å². The number of nitrogens with zero attached hydrogens (tertiary/aromatic N) is 2. The van der Waals surface area contributed by atoms with Gasteiger partial charge in [0.15, 0.2) is 11.8 Å². The number of hydrogen-bond acceptors (Lipinski definition) is 6. The van der Waals surface area contributed by atoms with Gasteiger partial charge in [-0.1, -0.05) is 32.0 Å². The minimum Gasteiger partial charge on any atom is -0.494 e. The molecule has 0 radical (unpaired) electrons. The van der Waals surface area contributed by atoms with Gasteiger partial charge in [0.1, 0.15) is 5.75 Å². The highest BCUT2D eigenvalue weighted by atomic mass is 16.5. The zero-order chi connectivity index (χ0) is 22.5. The van der Waals surface area contributed by atoms with Crippen LogP contribution >= 0.6 is 0 Å². The number of carbonyl (C=O) groups is 2. The number of Topliss-reactive ketones (excluding diaryl/α,β-unsaturated/α-hetero) is 1. The molecule has 0 N–H and O–H groups in total. The molecule has 7 nitrogen and oxygen atoms in total. The minimum atomic E-state index is -1.02. The van der Waals surface area contributed by atoms with Gasteiger partial charge in [-0.2, -0.15) is 5.10 Å². The number of hydrogen-bond donors (Lipinski definition) is 0. The van der Waals surface area contributed by atoms with Crippen LogP contribution in [0.15, 0.2) is 53.3 Å². The highest BCUT2D eigenvalue weighted by Crippen LogP contribution is 2.18. The topological polar surface area (TPSA) is 87.5 Å². The Kier molecular flexibility index (Phi) is 6.84. The monoisotopic (exact) mass is 422 g/mol. The fraction of sp³-hybridized carbons (Fsp3) is 0.333. The lowest BCUT2D eigenvalue weighted by atomic mass is 10.1. The smallest absolute Gasteiger partial charge is 0.360 e. The minimum absolute atomic E-state index is 0.0159. The highest BCUT2D eigenvalue weighted by Gasteiger charge is 2.24. The average molecular weight is 422 g/mol. The first-order valence-electron chi connectivity index (χ1n) is 10.3. The molecule has 0 aliphatic rings. The van der Waals surface area contributed by atoms with Gasteiger partial charge >= 0.3 is 5.97 Å². The van der Waals surface area contributed by atoms with E-state index in [0.717, 1.165) is 0 Å². The molecule has 0 amide bonds. The number of esters is 1. The molecule has 7 heteroatoms. The molecule has 0 saturated heterocycles. The molecular formula is C24H26N2O5. The Labute approximate surface area is 180 Å². The van der Waals surface area contributed by atoms with Crippen molar-refractivity contribution in [3.8, 4) is 5.75 Å². The van der Waals surface area contributed by atoms with E-state index in [0.29, 0.717) is 35.2 Å². The highest BCUT2D eigenvalue weighted by molar-refractivity contribution is 6.05. The van der Waals surface area contributed by atoms with E-state index in [2.05, 4.69) is 5.10 Å². The van der Waals surface area contributed by atoms with Gasteiger partial charge in [0.25, 0.3) is 5.56 Å². The predicted molar refractivity (Wildman–Crippen MR) is 118 cm³/mol. The molecule has 0 saturated carbocycles. The number of fused-ring (bicyclic) bond motifs is 1. The van der Waals surface area contributed by atoms with E-state index in [1.165, 1.54) is 11.6 Å². The Bertz CT molecular complexity index is 1150. The summed E-state index contributed by atoms with van der Waals surface area (Å²) in [7, 11) is 0. The number of rotatable bonds is 8. The Balaban J connectivity index is 1.87. The van der Waals surface area contributed by atoms with Crippen molar-refractivity contribution in [3.05, 3.63) is 70.1 Å². The van der Waals surface area contributed by atoms with Crippen LogP contribution in [0.3, 0.4) is 0 Å². The normalized spacial score (nSPS) is 12.0. The van der Waals surface area contributed by atoms with Crippen molar-refractivity contribution < 1.29 is 19.1 Å². The molecule has 3 rings (SSSR count). The van der Waals surface area contributed by atoms with Crippen molar-refractivity contribution in [2.75, 3.05) is 6.61 Å². The van der Waals surface area contributed by atoms with Crippen molar-refractivity contribution in [1.82, 2.24) is 9.78 Å². The summed E-state index contributed by atoms with van der Waals surface area (Å²) < 4.78 is 12.1. The van der Waals surface area contributed by atoms with Crippen molar-refractivity contribution in [3.63, 3.8) is 0 Å². The third kappa shape index (κ3) is 4.99. The van der Waals surface area contributed by atoms with Crippen molar-refractivity contribution in [1.29, 1.82) is 0 Å². The van der Waals surface area contributed by atoms with Gasteiger partial charge < -0.3 is 9.47 Å². The summed E-state index contributed by atoms with van der Waals surface area (Å²) in [5.74, 6) is -0.265. The van der Waals surface area contributed by atoms with Gasteiger partial charge in [-0.05, 0) is 50.1 Å². The van der Waals surface area contributed by atoms with Crippen LogP contribution in [0.5, 0.6) is 5.75 Å². The number of ketones is 1. The van der Waals surface area contributed by atoms with E-state index in [1.807, 2.05) is 20.8 Å². The van der Waals surface area contributed by atoms with Gasteiger partial charge in [-0.3, -0.25) is 9.59 Å². The summed E-state index contributed by atoms with van der Waals surface area (Å²) in [6, 6.07) is 13.4. The SMILES string of the molecule is CCOc1ccc(C(=O)[C@H](C)OC(=O)c2nn(CC(C)C)c(=O)c3ccccc23)cc1. The summed E-state index contributed by atoms with van der Waals surface area (Å²) in [6.45, 7) is 8.20. The second-order valence-electron chi connectivity index (χ2n) is 7.64. The lowest BCUT2D eigenvalue weighted by molar-refractivity contribution is 0.0312. The number of ether oxygens (including phenoxy) is 2. The van der Waals surface area contributed by atoms with E-state index in [-0.39, 0.29) is 23.0 Å². The van der Waals surface area contributed by atoms with Gasteiger partial charge in [0.05, 0.1) is 12.0 Å². The fourth-order valence-corrected chi connectivity index (χ4v) is 3.24. The molecule has 31 heavy (non-hydrogen) atoms. The Morgan fingerprint density at radius 2 is 1.65 bits per heavy atom. The molecule has 1 atom stereocenters. The van der Waals surface area contributed by atoms with E-state index in [1.54, 1.807) is 48.5 Å². The lowest BCUT2D eigenvalue weighted by Crippen LogP contribution is -2.30. The molecular weight excluding hydrogens is 396 g/mol. The summed E-state index contributed by atoms with van der Waals surface area (Å²) in [4.78, 5) is 38.4. The molecule has 0 unspecified atom stereocenters. The van der Waals surface area contributed by atoms with Gasteiger partial charge in [0.2, 0.25) is 5.78 Å². The second kappa shape index (κ2) is 9.55. The predicted octanol–water partition coefficient (Wildman–Crippen LogP) is 3.88. The summed E-state index contributed by atoms with van der Waals surface area (Å²) in [5, 5.41) is 5.05. The first kappa shape index (κ1) is 22.2. The zero-order valence-electron chi connectivity index (χ0n) is 18.1. The Morgan fingerprint density at radius 1 is 1.00 bits per heavy atom. The number of aromatic nitrogens is 2. The van der Waals surface area contributed by atoms with Gasteiger partial charge in [-0.15, -0.1) is 0 Å². The van der Waals surface area contributed by atoms with Crippen LogP contribution in [0.1, 0.15) is 48.5 Å². The Hall–Kier alpha value is -3.48. The maximum Gasteiger partial charge on any atom is 0.360 e. The molecule has 1 heterocycles. The van der Waals surface area contributed by atoms with Crippen LogP contribution in [0, 0.1) is 5.92 Å². The second-order valence-corrected chi connectivity index (χ2v) is 7.64. The maximum atomic E-state index is 12.9. The van der Waals surface area contributed by atoms with Crippen molar-refractivity contribution in [2.24, 2.45) is 5.92 Å². The largest absolute Gasteiger partial charge is 0.494 e. The van der Waals surface area contributed by atoms with E-state index in [9.17, 15) is 14.4 Å². The Morgan fingerprint density at radius 3 is 2.26 bits per heavy atom. The lowest BCUT2D eigenvalue weighted by Gasteiger charge is -2.15. The third-order valence-corrected chi connectivity index (χ3v) is 4.70. The van der Waals surface area contributed by atoms with Crippen LogP contribution in [0.25, 0.3) is 10.8 Å². The van der Waals surface area contributed by atoms with Crippen LogP contribution in [-0.4, -0.2) is 34.2 Å². The molecule has 0 spiro atoms. The van der Waals surface area contributed by atoms with Gasteiger partial charge in [0, 0.05) is 17.5 Å². The fourth-order valence-electron chi connectivity index (χ4n) is 3.24. The first-order valence-corrected chi connectivity index (χ1v) is 10.3. The van der Waals surface area contributed by atoms with Crippen molar-refractivity contribution in [2.45, 2.75) is 40.3 Å². The molecule has 0 aliphatic heterocycles. The quantitative estimate of drug-likeness (QED) is 0.404. The van der Waals surface area contributed by atoms with Crippen LogP contribution in [0.2, 0.25) is 0 Å². The van der Waals surface area contributed by atoms with Crippen LogP contribution in [0.4, 0.5) is 0 Å². The van der Waals surface area contributed by atoms with Gasteiger partial charge in [-0.25, -0.2) is 9.48 Å². The summed E-state index contributed by atoms with van der Waals surface area (Å²) in [5.41, 5.74) is 0.160. The summed E-state index contributed by atoms with van der Waals surface area (Å²) in [6.07, 6.45) is -1.02. The third-order valence-electron chi connectivity index (χ3n) is 4.70. The molecule has 0 aliphatic carbocycles. The van der Waals surface area contributed by atoms with Crippen LogP contribution < -0.4 is 10.3 Å².